The van der Waals surface area contributed by atoms with Crippen LogP contribution in [0.2, 0.25) is 0 Å². The van der Waals surface area contributed by atoms with Gasteiger partial charge in [-0.05, 0) is 42.4 Å². The average Bonchev–Trinajstić information content (AvgIpc) is 3.00. The third-order valence-electron chi connectivity index (χ3n) is 4.89. The number of rotatable bonds is 9. The van der Waals surface area contributed by atoms with Crippen LogP contribution in [-0.2, 0) is 4.74 Å². The molecule has 1 saturated heterocycles. The molecule has 1 aliphatic rings. The second-order valence-electron chi connectivity index (χ2n) is 9.17. The lowest BCUT2D eigenvalue weighted by Gasteiger charge is -2.37. The van der Waals surface area contributed by atoms with E-state index in [4.69, 9.17) is 4.74 Å². The van der Waals surface area contributed by atoms with Gasteiger partial charge in [0.2, 0.25) is 0 Å². The first-order valence-electron chi connectivity index (χ1n) is 8.35. The Morgan fingerprint density at radius 3 is 1.85 bits per heavy atom. The van der Waals surface area contributed by atoms with Crippen molar-refractivity contribution in [1.82, 2.24) is 5.32 Å². The van der Waals surface area contributed by atoms with Crippen molar-refractivity contribution in [3.63, 3.8) is 0 Å². The van der Waals surface area contributed by atoms with Gasteiger partial charge in [0.25, 0.3) is 0 Å². The fourth-order valence-electron chi connectivity index (χ4n) is 3.05. The Hall–Kier alpha value is -0.0800. The van der Waals surface area contributed by atoms with Gasteiger partial charge in [-0.3, -0.25) is 5.32 Å². The van der Waals surface area contributed by atoms with Gasteiger partial charge in [0, 0.05) is 6.54 Å². The van der Waals surface area contributed by atoms with Crippen LogP contribution in [-0.4, -0.2) is 18.9 Å². The first kappa shape index (κ1) is 18.0. The summed E-state index contributed by atoms with van der Waals surface area (Å²) in [6.45, 7) is 19.9. The summed E-state index contributed by atoms with van der Waals surface area (Å²) in [6, 6.07) is 0. The summed E-state index contributed by atoms with van der Waals surface area (Å²) in [4.78, 5) is 0. The van der Waals surface area contributed by atoms with Crippen LogP contribution in [0.25, 0.3) is 0 Å². The third kappa shape index (κ3) is 6.58. The van der Waals surface area contributed by atoms with Crippen molar-refractivity contribution in [1.29, 1.82) is 0 Å². The summed E-state index contributed by atoms with van der Waals surface area (Å²) in [7, 11) is 0. The second-order valence-corrected chi connectivity index (χ2v) is 9.17. The Balaban J connectivity index is 2.35. The Kier molecular flexibility index (Phi) is 5.71. The van der Waals surface area contributed by atoms with E-state index in [0.29, 0.717) is 28.6 Å². The first-order valence-corrected chi connectivity index (χ1v) is 8.35. The predicted octanol–water partition coefficient (Wildman–Crippen LogP) is 4.98. The molecule has 0 saturated carbocycles. The van der Waals surface area contributed by atoms with Gasteiger partial charge in [0.1, 0.15) is 6.23 Å². The predicted molar refractivity (Wildman–Crippen MR) is 87.8 cm³/mol. The normalized spacial score (nSPS) is 24.0. The maximum Gasteiger partial charge on any atom is 0.134 e. The van der Waals surface area contributed by atoms with E-state index in [9.17, 15) is 0 Å². The van der Waals surface area contributed by atoms with Gasteiger partial charge in [-0.25, -0.2) is 0 Å². The zero-order chi connectivity index (χ0) is 15.6. The molecule has 2 nitrogen and oxygen atoms in total. The SMILES string of the molecule is CCC(C)(C)CC(C)(C)CCC(C)(C)CNC1OC1C. The summed E-state index contributed by atoms with van der Waals surface area (Å²) >= 11 is 0. The number of hydrogen-bond acceptors (Lipinski definition) is 2. The van der Waals surface area contributed by atoms with Crippen LogP contribution in [0.4, 0.5) is 0 Å². The first-order chi connectivity index (χ1) is 8.96. The quantitative estimate of drug-likeness (QED) is 0.604. The van der Waals surface area contributed by atoms with Gasteiger partial charge in [-0.1, -0.05) is 54.9 Å². The van der Waals surface area contributed by atoms with E-state index in [1.165, 1.54) is 25.7 Å². The summed E-state index contributed by atoms with van der Waals surface area (Å²) in [6.07, 6.45) is 5.86. The molecule has 1 rings (SSSR count). The average molecular weight is 283 g/mol. The van der Waals surface area contributed by atoms with E-state index >= 15 is 0 Å². The number of epoxide rings is 1. The molecule has 2 heteroatoms. The van der Waals surface area contributed by atoms with Crippen molar-refractivity contribution in [2.45, 2.75) is 93.4 Å². The van der Waals surface area contributed by atoms with Crippen molar-refractivity contribution in [3.8, 4) is 0 Å². The van der Waals surface area contributed by atoms with E-state index in [1.54, 1.807) is 0 Å². The second kappa shape index (κ2) is 6.36. The molecule has 1 N–H and O–H groups in total. The van der Waals surface area contributed by atoms with Crippen molar-refractivity contribution >= 4 is 0 Å². The third-order valence-corrected chi connectivity index (χ3v) is 4.89. The van der Waals surface area contributed by atoms with Gasteiger partial charge in [-0.15, -0.1) is 0 Å². The van der Waals surface area contributed by atoms with E-state index in [0.717, 1.165) is 6.54 Å². The highest BCUT2D eigenvalue weighted by molar-refractivity contribution is 4.84. The summed E-state index contributed by atoms with van der Waals surface area (Å²) < 4.78 is 5.43. The van der Waals surface area contributed by atoms with Gasteiger partial charge < -0.3 is 4.74 Å². The summed E-state index contributed by atoms with van der Waals surface area (Å²) in [5.41, 5.74) is 1.24. The molecule has 0 aromatic heterocycles. The molecular weight excluding hydrogens is 246 g/mol. The van der Waals surface area contributed by atoms with Crippen LogP contribution < -0.4 is 5.32 Å². The smallest absolute Gasteiger partial charge is 0.134 e. The van der Waals surface area contributed by atoms with Crippen molar-refractivity contribution in [2.75, 3.05) is 6.54 Å². The van der Waals surface area contributed by atoms with Gasteiger partial charge in [0.05, 0.1) is 6.10 Å². The molecule has 0 aromatic rings. The molecule has 1 heterocycles. The molecule has 0 spiro atoms. The molecule has 20 heavy (non-hydrogen) atoms. The number of ether oxygens (including phenoxy) is 1. The number of nitrogens with one attached hydrogen (secondary N) is 1. The Bertz CT molecular complexity index is 307. The van der Waals surface area contributed by atoms with E-state index in [2.05, 4.69) is 60.7 Å². The van der Waals surface area contributed by atoms with Gasteiger partial charge in [0.15, 0.2) is 0 Å². The topological polar surface area (TPSA) is 24.6 Å². The molecule has 0 radical (unpaired) electrons. The number of hydrogen-bond donors (Lipinski definition) is 1. The van der Waals surface area contributed by atoms with E-state index in [1.807, 2.05) is 0 Å². The minimum atomic E-state index is 0.307. The zero-order valence-corrected chi connectivity index (χ0v) is 15.1. The van der Waals surface area contributed by atoms with Gasteiger partial charge in [-0.2, -0.15) is 0 Å². The summed E-state index contributed by atoms with van der Waals surface area (Å²) in [5.74, 6) is 0. The van der Waals surface area contributed by atoms with Crippen molar-refractivity contribution in [2.24, 2.45) is 16.2 Å². The highest BCUT2D eigenvalue weighted by atomic mass is 16.6. The lowest BCUT2D eigenvalue weighted by Crippen LogP contribution is -2.33. The van der Waals surface area contributed by atoms with E-state index < -0.39 is 0 Å². The lowest BCUT2D eigenvalue weighted by atomic mass is 9.69. The molecule has 120 valence electrons. The molecule has 0 amide bonds. The van der Waals surface area contributed by atoms with Crippen molar-refractivity contribution < 1.29 is 4.74 Å². The molecule has 0 aliphatic carbocycles. The van der Waals surface area contributed by atoms with Crippen LogP contribution in [0.15, 0.2) is 0 Å². The van der Waals surface area contributed by atoms with Crippen LogP contribution in [0, 0.1) is 16.2 Å². The van der Waals surface area contributed by atoms with Crippen LogP contribution in [0.3, 0.4) is 0 Å². The summed E-state index contributed by atoms with van der Waals surface area (Å²) in [5, 5.41) is 3.52. The fraction of sp³-hybridized carbons (Fsp3) is 1.00. The molecule has 0 aromatic carbocycles. The Morgan fingerprint density at radius 2 is 1.40 bits per heavy atom. The maximum atomic E-state index is 5.43. The highest BCUT2D eigenvalue weighted by Gasteiger charge is 2.35. The molecule has 2 atom stereocenters. The molecule has 1 aliphatic heterocycles. The minimum Gasteiger partial charge on any atom is -0.354 e. The minimum absolute atomic E-state index is 0.307. The Labute approximate surface area is 127 Å². The standard InChI is InChI=1S/C18H37NO/c1-9-16(3,4)12-17(5,6)10-11-18(7,8)13-19-15-14(2)20-15/h14-15,19H,9-13H2,1-8H3. The maximum absolute atomic E-state index is 5.43. The molecule has 0 bridgehead atoms. The molecular formula is C18H37NO. The van der Waals surface area contributed by atoms with Crippen LogP contribution in [0.5, 0.6) is 0 Å². The molecule has 2 unspecified atom stereocenters. The van der Waals surface area contributed by atoms with Crippen molar-refractivity contribution in [3.05, 3.63) is 0 Å². The fourth-order valence-corrected chi connectivity index (χ4v) is 3.05. The molecule has 1 fully saturated rings. The highest BCUT2D eigenvalue weighted by Crippen LogP contribution is 2.41. The Morgan fingerprint density at radius 1 is 0.900 bits per heavy atom. The zero-order valence-electron chi connectivity index (χ0n) is 15.1. The van der Waals surface area contributed by atoms with Crippen LogP contribution >= 0.6 is 0 Å². The monoisotopic (exact) mass is 283 g/mol. The van der Waals surface area contributed by atoms with E-state index in [-0.39, 0.29) is 0 Å². The van der Waals surface area contributed by atoms with Crippen LogP contribution in [0.1, 0.15) is 81.1 Å². The largest absolute Gasteiger partial charge is 0.354 e. The lowest BCUT2D eigenvalue weighted by molar-refractivity contribution is 0.150. The van der Waals surface area contributed by atoms with Gasteiger partial charge >= 0.3 is 0 Å².